The number of anilines is 1. The number of hydrogen-bond donors (Lipinski definition) is 6. The summed E-state index contributed by atoms with van der Waals surface area (Å²) >= 11 is 0. The van der Waals surface area contributed by atoms with Crippen LogP contribution in [0.4, 0.5) is 5.69 Å². The predicted octanol–water partition coefficient (Wildman–Crippen LogP) is 6.36. The molecular weight excluding hydrogens is 734 g/mol. The van der Waals surface area contributed by atoms with E-state index in [9.17, 15) is 39.9 Å². The van der Waals surface area contributed by atoms with Gasteiger partial charge >= 0.3 is 5.97 Å². The van der Waals surface area contributed by atoms with Crippen LogP contribution in [0, 0.1) is 37.5 Å². The monoisotopic (exact) mass is 787 g/mol. The molecule has 14 nitrogen and oxygen atoms in total. The third-order valence-corrected chi connectivity index (χ3v) is 11.2. The molecular formula is C43H53N3O11. The van der Waals surface area contributed by atoms with Crippen LogP contribution < -0.4 is 10.1 Å². The summed E-state index contributed by atoms with van der Waals surface area (Å²) in [4.78, 5) is 44.0. The van der Waals surface area contributed by atoms with Crippen LogP contribution in [0.3, 0.4) is 0 Å². The molecule has 4 aromatic rings. The summed E-state index contributed by atoms with van der Waals surface area (Å²) in [6.45, 7) is 14.9. The second kappa shape index (κ2) is 17.0. The zero-order chi connectivity index (χ0) is 42.2. The largest absolute Gasteiger partial charge is 0.516 e. The Kier molecular flexibility index (Phi) is 12.7. The van der Waals surface area contributed by atoms with Crippen molar-refractivity contribution >= 4 is 50.8 Å². The second-order valence-electron chi connectivity index (χ2n) is 15.2. The first-order valence-electron chi connectivity index (χ1n) is 18.9. The number of phenols is 2. The number of hydrogen-bond acceptors (Lipinski definition) is 12. The van der Waals surface area contributed by atoms with E-state index in [1.807, 2.05) is 19.1 Å². The molecule has 0 spiro atoms. The Balaban J connectivity index is 1.42. The Labute approximate surface area is 331 Å². The number of ether oxygens (including phenoxy) is 3. The Morgan fingerprint density at radius 2 is 1.68 bits per heavy atom. The maximum absolute atomic E-state index is 13.7. The average molecular weight is 788 g/mol. The number of carbonyl (C=O) groups excluding carboxylic acids is 3. The highest BCUT2D eigenvalue weighted by Crippen LogP contribution is 2.52. The fraction of sp³-hybridized carbons (Fsp3) is 0.442. The summed E-state index contributed by atoms with van der Waals surface area (Å²) in [7, 11) is 1.46. The van der Waals surface area contributed by atoms with Gasteiger partial charge in [-0.2, -0.15) is 0 Å². The lowest BCUT2D eigenvalue weighted by Crippen LogP contribution is -2.46. The van der Waals surface area contributed by atoms with Crippen LogP contribution in [0.25, 0.3) is 27.5 Å². The molecule has 2 aromatic carbocycles. The number of esters is 1. The number of phenolic OH excluding ortho intramolecular Hbond substituents is 2. The van der Waals surface area contributed by atoms with Crippen LogP contribution in [0.1, 0.15) is 70.0 Å². The average Bonchev–Trinajstić information content (AvgIpc) is 3.69. The van der Waals surface area contributed by atoms with Gasteiger partial charge in [-0.15, -0.1) is 0 Å². The van der Waals surface area contributed by atoms with E-state index in [1.54, 1.807) is 77.3 Å². The van der Waals surface area contributed by atoms with Gasteiger partial charge in [-0.3, -0.25) is 18.8 Å². The highest BCUT2D eigenvalue weighted by molar-refractivity contribution is 6.28. The number of aromatic hydroxyl groups is 2. The molecule has 57 heavy (non-hydrogen) atoms. The topological polar surface area (TPSA) is 209 Å². The molecule has 3 heterocycles. The van der Waals surface area contributed by atoms with Gasteiger partial charge in [-0.05, 0) is 51.5 Å². The molecule has 0 saturated carbocycles. The quantitative estimate of drug-likeness (QED) is 0.0271. The van der Waals surface area contributed by atoms with E-state index < -0.39 is 71.8 Å². The lowest BCUT2D eigenvalue weighted by atomic mass is 9.78. The smallest absolute Gasteiger partial charge is 0.302 e. The van der Waals surface area contributed by atoms with Crippen molar-refractivity contribution in [3.63, 3.8) is 0 Å². The number of ketones is 1. The van der Waals surface area contributed by atoms with Gasteiger partial charge in [0.1, 0.15) is 40.0 Å². The lowest BCUT2D eigenvalue weighted by Gasteiger charge is -2.37. The van der Waals surface area contributed by atoms with Crippen molar-refractivity contribution < 1.29 is 54.1 Å². The summed E-state index contributed by atoms with van der Waals surface area (Å²) in [5.74, 6) is -4.21. The van der Waals surface area contributed by atoms with E-state index in [4.69, 9.17) is 19.2 Å². The van der Waals surface area contributed by atoms with Gasteiger partial charge in [0.15, 0.2) is 11.9 Å². The summed E-state index contributed by atoms with van der Waals surface area (Å²) < 4.78 is 18.6. The molecule has 0 bridgehead atoms. The summed E-state index contributed by atoms with van der Waals surface area (Å²) in [5.41, 5.74) is 2.69. The Morgan fingerprint density at radius 1 is 1.00 bits per heavy atom. The van der Waals surface area contributed by atoms with Crippen LogP contribution in [-0.4, -0.2) is 90.2 Å². The van der Waals surface area contributed by atoms with Gasteiger partial charge < -0.3 is 45.1 Å². The van der Waals surface area contributed by atoms with Crippen LogP contribution >= 0.6 is 0 Å². The molecule has 5 rings (SSSR count). The van der Waals surface area contributed by atoms with Crippen molar-refractivity contribution in [1.29, 1.82) is 0 Å². The molecule has 1 aliphatic heterocycles. The molecule has 1 amide bonds. The molecule has 0 aliphatic carbocycles. The third kappa shape index (κ3) is 7.94. The molecule has 0 fully saturated rings. The van der Waals surface area contributed by atoms with Gasteiger partial charge in [-0.1, -0.05) is 45.9 Å². The predicted molar refractivity (Wildman–Crippen MR) is 216 cm³/mol. The fourth-order valence-electron chi connectivity index (χ4n) is 7.79. The second-order valence-corrected chi connectivity index (χ2v) is 15.2. The SMILES string of the molecule is CO[C@@H](/C=C/O)[C@@H](C)[C@@H](OC(C)=O)[C@H](C)[C@H](O)[C@H](C)[C@@H](O)[C@@H](C)/C=C/C=C(/C)C(=O)Nc1c(O)c2c(O)c(C)c3c(c2c2nc4cc(C)ccn4c12)C(=O)[C@H](C)O3. The normalized spacial score (nSPS) is 19.1. The number of fused-ring (bicyclic) bond motifs is 7. The summed E-state index contributed by atoms with van der Waals surface area (Å²) in [5, 5.41) is 58.2. The van der Waals surface area contributed by atoms with Crippen molar-refractivity contribution in [2.24, 2.45) is 23.7 Å². The highest BCUT2D eigenvalue weighted by atomic mass is 16.5. The molecule has 6 N–H and O–H groups in total. The number of nitrogens with zero attached hydrogens (tertiary/aromatic N) is 2. The first-order valence-corrected chi connectivity index (χ1v) is 18.9. The van der Waals surface area contributed by atoms with Crippen molar-refractivity contribution in [2.45, 2.75) is 92.8 Å². The first kappa shape index (κ1) is 42.7. The first-order chi connectivity index (χ1) is 26.9. The van der Waals surface area contributed by atoms with Crippen LogP contribution in [0.5, 0.6) is 17.2 Å². The van der Waals surface area contributed by atoms with Gasteiger partial charge in [0, 0.05) is 60.4 Å². The van der Waals surface area contributed by atoms with Crippen molar-refractivity contribution in [3.05, 3.63) is 71.2 Å². The number of rotatable bonds is 14. The minimum absolute atomic E-state index is 0.0176. The number of imidazole rings is 1. The molecule has 0 saturated heterocycles. The minimum atomic E-state index is -1.10. The number of allylic oxidation sites excluding steroid dienone is 2. The Morgan fingerprint density at radius 3 is 2.32 bits per heavy atom. The molecule has 2 aromatic heterocycles. The fourth-order valence-corrected chi connectivity index (χ4v) is 7.79. The van der Waals surface area contributed by atoms with Gasteiger partial charge in [-0.25, -0.2) is 4.98 Å². The zero-order valence-corrected chi connectivity index (χ0v) is 33.9. The molecule has 0 radical (unpaired) electrons. The third-order valence-electron chi connectivity index (χ3n) is 11.2. The number of nitrogens with one attached hydrogen (secondary N) is 1. The number of Topliss-reactive ketones (excluding diaryl/α,β-unsaturated/α-hetero) is 1. The maximum Gasteiger partial charge on any atom is 0.302 e. The number of amides is 1. The van der Waals surface area contributed by atoms with Crippen LogP contribution in [0.15, 0.2) is 54.5 Å². The highest BCUT2D eigenvalue weighted by Gasteiger charge is 2.40. The minimum Gasteiger partial charge on any atom is -0.516 e. The number of aliphatic hydroxyl groups excluding tert-OH is 3. The number of aliphatic hydroxyl groups is 3. The van der Waals surface area contributed by atoms with Gasteiger partial charge in [0.25, 0.3) is 5.91 Å². The molecule has 14 heteroatoms. The molecule has 9 atom stereocenters. The Hall–Kier alpha value is -5.44. The van der Waals surface area contributed by atoms with E-state index in [0.29, 0.717) is 11.2 Å². The van der Waals surface area contributed by atoms with Crippen molar-refractivity contribution in [2.75, 3.05) is 12.4 Å². The van der Waals surface area contributed by atoms with Crippen molar-refractivity contribution in [3.8, 4) is 17.2 Å². The van der Waals surface area contributed by atoms with Crippen LogP contribution in [0.2, 0.25) is 0 Å². The summed E-state index contributed by atoms with van der Waals surface area (Å²) in [6.07, 6.45) is 4.50. The van der Waals surface area contributed by atoms with E-state index in [-0.39, 0.29) is 56.0 Å². The Bertz CT molecular complexity index is 2310. The lowest BCUT2D eigenvalue weighted by molar-refractivity contribution is -0.160. The summed E-state index contributed by atoms with van der Waals surface area (Å²) in [6, 6.07) is 3.66. The maximum atomic E-state index is 13.7. The number of pyridine rings is 1. The van der Waals surface area contributed by atoms with Gasteiger partial charge in [0.05, 0.1) is 35.5 Å². The van der Waals surface area contributed by atoms with Gasteiger partial charge in [0.2, 0.25) is 5.78 Å². The molecule has 1 aliphatic rings. The molecule has 306 valence electrons. The molecule has 0 unspecified atom stereocenters. The number of aryl methyl sites for hydroxylation is 1. The number of benzene rings is 2. The van der Waals surface area contributed by atoms with Crippen LogP contribution in [-0.2, 0) is 19.1 Å². The number of methoxy groups -OCH3 is 1. The van der Waals surface area contributed by atoms with Crippen molar-refractivity contribution in [1.82, 2.24) is 9.38 Å². The van der Waals surface area contributed by atoms with E-state index in [1.165, 1.54) is 20.1 Å². The van der Waals surface area contributed by atoms with E-state index in [2.05, 4.69) is 5.32 Å². The standard InChI is InChI=1S/C43H53N3O11/c1-19-14-16-46-29(18-19)44-33-30-31(38(51)25(7)42-32(30)39(52)26(8)56-42)40(53)34(35(33)46)45-43(54)21(3)13-11-12-20(2)36(49)23(5)37(50)24(6)41(57-27(9)48)22(4)28(55-10)15-17-47/h11-18,20,22-24,26,28,36-37,41,47,49-51,53H,1-10H3,(H,45,54)/b12-11+,17-15+,21-13-/t20-,22+,23+,24+,26-,28-,36-,37+,41+/m0/s1. The van der Waals surface area contributed by atoms with E-state index >= 15 is 0 Å². The number of carbonyl (C=O) groups is 3. The zero-order valence-electron chi connectivity index (χ0n) is 33.9. The number of aromatic nitrogens is 2. The van der Waals surface area contributed by atoms with E-state index in [0.717, 1.165) is 11.8 Å².